The van der Waals surface area contributed by atoms with Gasteiger partial charge < -0.3 is 16.0 Å². The van der Waals surface area contributed by atoms with Gasteiger partial charge in [-0.1, -0.05) is 40.0 Å². The first kappa shape index (κ1) is 22.9. The number of nitrogens with one attached hydrogen (secondary N) is 2. The van der Waals surface area contributed by atoms with Crippen molar-refractivity contribution in [2.45, 2.75) is 65.5 Å². The molecule has 0 bridgehead atoms. The Labute approximate surface area is 174 Å². The maximum Gasteiger partial charge on any atom is 0.320 e. The highest BCUT2D eigenvalue weighted by atomic mass is 16.2. The van der Waals surface area contributed by atoms with E-state index in [4.69, 9.17) is 5.73 Å². The van der Waals surface area contributed by atoms with Crippen LogP contribution in [-0.4, -0.2) is 53.2 Å². The van der Waals surface area contributed by atoms with Crippen molar-refractivity contribution in [3.8, 4) is 0 Å². The molecule has 2 rings (SSSR count). The Balaban J connectivity index is 2.13. The number of amidine groups is 1. The standard InChI is InChI=1S/C21H37N7O/c1-21(2,3)18(22)13-19(26-20(29)25-16-9-7-6-8-10-16)24-17-14-23-28(15-17)12-11-27(4)5/h13-16H,6-12,22H2,1-5H3,(H2,24,25,26,29). The van der Waals surface area contributed by atoms with Gasteiger partial charge in [-0.05, 0) is 26.9 Å². The lowest BCUT2D eigenvalue weighted by Crippen LogP contribution is -2.45. The number of aliphatic imine (C=N–C) groups is 1. The van der Waals surface area contributed by atoms with Gasteiger partial charge in [-0.3, -0.25) is 10.00 Å². The number of amides is 2. The fourth-order valence-corrected chi connectivity index (χ4v) is 3.02. The number of likely N-dealkylation sites (N-methyl/N-ethyl adjacent to an activating group) is 1. The predicted molar refractivity (Wildman–Crippen MR) is 118 cm³/mol. The van der Waals surface area contributed by atoms with Gasteiger partial charge in [-0.15, -0.1) is 0 Å². The second-order valence-corrected chi connectivity index (χ2v) is 9.05. The number of hydrogen-bond acceptors (Lipinski definition) is 5. The van der Waals surface area contributed by atoms with Crippen LogP contribution in [0.3, 0.4) is 0 Å². The number of rotatable bonds is 6. The number of nitrogens with zero attached hydrogens (tertiary/aromatic N) is 4. The Kier molecular flexibility index (Phi) is 8.25. The highest BCUT2D eigenvalue weighted by Crippen LogP contribution is 2.21. The second kappa shape index (κ2) is 10.4. The molecule has 8 nitrogen and oxygen atoms in total. The van der Waals surface area contributed by atoms with Crippen molar-refractivity contribution in [3.05, 3.63) is 24.2 Å². The first-order valence-electron chi connectivity index (χ1n) is 10.4. The third kappa shape index (κ3) is 8.27. The quantitative estimate of drug-likeness (QED) is 0.502. The summed E-state index contributed by atoms with van der Waals surface area (Å²) >= 11 is 0. The molecule has 0 radical (unpaired) electrons. The Hall–Kier alpha value is -2.35. The fraction of sp³-hybridized carbons (Fsp3) is 0.667. The SMILES string of the molecule is CN(C)CCn1cc(N=C(C=C(N)C(C)(C)C)NC(=O)NC2CCCCC2)cn1. The minimum absolute atomic E-state index is 0.224. The first-order chi connectivity index (χ1) is 13.6. The van der Waals surface area contributed by atoms with Crippen molar-refractivity contribution < 1.29 is 4.79 Å². The maximum absolute atomic E-state index is 12.5. The lowest BCUT2D eigenvalue weighted by molar-refractivity contribution is 0.237. The lowest BCUT2D eigenvalue weighted by Gasteiger charge is -2.23. The van der Waals surface area contributed by atoms with Crippen LogP contribution in [0, 0.1) is 5.41 Å². The molecule has 1 aromatic heterocycles. The van der Waals surface area contributed by atoms with E-state index in [9.17, 15) is 4.79 Å². The molecule has 0 saturated heterocycles. The summed E-state index contributed by atoms with van der Waals surface area (Å²) in [6.45, 7) is 7.73. The van der Waals surface area contributed by atoms with Crippen LogP contribution in [0.5, 0.6) is 0 Å². The summed E-state index contributed by atoms with van der Waals surface area (Å²) < 4.78 is 1.84. The topological polar surface area (TPSA) is 101 Å². The van der Waals surface area contributed by atoms with Gasteiger partial charge in [0.1, 0.15) is 11.5 Å². The molecule has 0 aliphatic heterocycles. The minimum Gasteiger partial charge on any atom is -0.401 e. The average molecular weight is 404 g/mol. The fourth-order valence-electron chi connectivity index (χ4n) is 3.02. The third-order valence-electron chi connectivity index (χ3n) is 4.99. The van der Waals surface area contributed by atoms with Crippen LogP contribution in [0.25, 0.3) is 0 Å². The molecule has 0 spiro atoms. The molecule has 0 aromatic carbocycles. The molecule has 1 aromatic rings. The van der Waals surface area contributed by atoms with E-state index in [0.29, 0.717) is 17.2 Å². The van der Waals surface area contributed by atoms with E-state index in [1.165, 1.54) is 6.42 Å². The van der Waals surface area contributed by atoms with E-state index in [2.05, 4.69) is 25.6 Å². The van der Waals surface area contributed by atoms with E-state index in [-0.39, 0.29) is 17.5 Å². The molecule has 1 heterocycles. The summed E-state index contributed by atoms with van der Waals surface area (Å²) in [5.41, 5.74) is 7.33. The van der Waals surface area contributed by atoms with Crippen molar-refractivity contribution in [1.29, 1.82) is 0 Å². The lowest BCUT2D eigenvalue weighted by atomic mass is 9.92. The average Bonchev–Trinajstić information content (AvgIpc) is 3.07. The number of nitrogens with two attached hydrogens (primary N) is 1. The molecule has 4 N–H and O–H groups in total. The van der Waals surface area contributed by atoms with Crippen LogP contribution in [0.15, 0.2) is 29.2 Å². The Morgan fingerprint density at radius 2 is 2.03 bits per heavy atom. The van der Waals surface area contributed by atoms with Crippen molar-refractivity contribution in [2.24, 2.45) is 16.1 Å². The molecule has 162 valence electrons. The summed E-state index contributed by atoms with van der Waals surface area (Å²) in [5.74, 6) is 0.415. The van der Waals surface area contributed by atoms with Crippen LogP contribution in [-0.2, 0) is 6.54 Å². The van der Waals surface area contributed by atoms with Gasteiger partial charge in [-0.2, -0.15) is 5.10 Å². The highest BCUT2D eigenvalue weighted by molar-refractivity contribution is 6.05. The minimum atomic E-state index is -0.242. The van der Waals surface area contributed by atoms with Crippen LogP contribution in [0.1, 0.15) is 52.9 Å². The van der Waals surface area contributed by atoms with Gasteiger partial charge in [0.2, 0.25) is 0 Å². The highest BCUT2D eigenvalue weighted by Gasteiger charge is 2.18. The van der Waals surface area contributed by atoms with Gasteiger partial charge in [-0.25, -0.2) is 9.79 Å². The number of carbonyl (C=O) groups excluding carboxylic acids is 1. The zero-order valence-electron chi connectivity index (χ0n) is 18.5. The van der Waals surface area contributed by atoms with Crippen molar-refractivity contribution in [1.82, 2.24) is 25.3 Å². The summed E-state index contributed by atoms with van der Waals surface area (Å²) in [4.78, 5) is 19.2. The Bertz CT molecular complexity index is 722. The van der Waals surface area contributed by atoms with Gasteiger partial charge >= 0.3 is 6.03 Å². The zero-order valence-corrected chi connectivity index (χ0v) is 18.5. The van der Waals surface area contributed by atoms with Gasteiger partial charge in [0.25, 0.3) is 0 Å². The molecule has 2 amide bonds. The number of carbonyl (C=O) groups is 1. The molecule has 29 heavy (non-hydrogen) atoms. The van der Waals surface area contributed by atoms with Crippen molar-refractivity contribution in [3.63, 3.8) is 0 Å². The largest absolute Gasteiger partial charge is 0.401 e. The van der Waals surface area contributed by atoms with E-state index >= 15 is 0 Å². The van der Waals surface area contributed by atoms with Crippen LogP contribution >= 0.6 is 0 Å². The molecular weight excluding hydrogens is 366 g/mol. The summed E-state index contributed by atoms with van der Waals surface area (Å²) in [5, 5.41) is 10.3. The molecule has 0 unspecified atom stereocenters. The first-order valence-corrected chi connectivity index (χ1v) is 10.4. The molecular formula is C21H37N7O. The molecule has 1 fully saturated rings. The van der Waals surface area contributed by atoms with Crippen LogP contribution in [0.4, 0.5) is 10.5 Å². The normalized spacial score (nSPS) is 16.9. The van der Waals surface area contributed by atoms with E-state index in [0.717, 1.165) is 38.8 Å². The Morgan fingerprint density at radius 3 is 2.66 bits per heavy atom. The van der Waals surface area contributed by atoms with E-state index in [1.807, 2.05) is 45.7 Å². The Morgan fingerprint density at radius 1 is 1.34 bits per heavy atom. The van der Waals surface area contributed by atoms with Crippen LogP contribution in [0.2, 0.25) is 0 Å². The predicted octanol–water partition coefficient (Wildman–Crippen LogP) is 3.00. The van der Waals surface area contributed by atoms with Gasteiger partial charge in [0.15, 0.2) is 0 Å². The summed E-state index contributed by atoms with van der Waals surface area (Å²) in [6, 6.07) is -0.0173. The van der Waals surface area contributed by atoms with E-state index < -0.39 is 0 Å². The van der Waals surface area contributed by atoms with Crippen LogP contribution < -0.4 is 16.4 Å². The maximum atomic E-state index is 12.5. The molecule has 1 saturated carbocycles. The smallest absolute Gasteiger partial charge is 0.320 e. The number of urea groups is 1. The van der Waals surface area contributed by atoms with Crippen molar-refractivity contribution >= 4 is 17.6 Å². The van der Waals surface area contributed by atoms with Crippen molar-refractivity contribution in [2.75, 3.05) is 20.6 Å². The summed E-state index contributed by atoms with van der Waals surface area (Å²) in [6.07, 6.45) is 10.9. The van der Waals surface area contributed by atoms with E-state index in [1.54, 1.807) is 12.3 Å². The van der Waals surface area contributed by atoms with Gasteiger partial charge in [0.05, 0.1) is 18.9 Å². The third-order valence-corrected chi connectivity index (χ3v) is 4.99. The van der Waals surface area contributed by atoms with Gasteiger partial charge in [0, 0.05) is 29.8 Å². The zero-order chi connectivity index (χ0) is 21.4. The number of hydrogen-bond donors (Lipinski definition) is 3. The summed E-state index contributed by atoms with van der Waals surface area (Å²) in [7, 11) is 4.05. The molecule has 1 aliphatic carbocycles. The molecule has 8 heteroatoms. The molecule has 0 atom stereocenters. The molecule has 1 aliphatic rings. The number of aromatic nitrogens is 2. The number of allylic oxidation sites excluding steroid dienone is 1. The second-order valence-electron chi connectivity index (χ2n) is 9.05. The monoisotopic (exact) mass is 403 g/mol.